The van der Waals surface area contributed by atoms with E-state index in [1.54, 1.807) is 85.2 Å². The van der Waals surface area contributed by atoms with Gasteiger partial charge < -0.3 is 29.1 Å². The molecule has 6 heterocycles. The molecule has 366 valence electrons. The Morgan fingerprint density at radius 3 is 1.33 bits per heavy atom. The molecule has 15 nitrogen and oxygen atoms in total. The first-order valence-corrected chi connectivity index (χ1v) is 23.3. The highest BCUT2D eigenvalue weighted by Gasteiger charge is 2.19. The van der Waals surface area contributed by atoms with Gasteiger partial charge in [-0.15, -0.1) is 0 Å². The van der Waals surface area contributed by atoms with Gasteiger partial charge in [0.25, 0.3) is 11.8 Å². The average Bonchev–Trinajstić information content (AvgIpc) is 3.37. The van der Waals surface area contributed by atoms with Crippen molar-refractivity contribution < 1.29 is 19.1 Å². The minimum Gasteiger partial charge on any atom is -0.462 e. The highest BCUT2D eigenvalue weighted by atomic mass is 16.5. The second-order valence-corrected chi connectivity index (χ2v) is 16.8. The maximum atomic E-state index is 12.8. The van der Waals surface area contributed by atoms with E-state index >= 15 is 0 Å². The molecule has 0 spiro atoms. The maximum Gasteiger partial charge on any atom is 0.343 e. The van der Waals surface area contributed by atoms with Crippen LogP contribution in [0.15, 0.2) is 118 Å². The molecule has 0 radical (unpaired) electrons. The number of hydrogen-bond donors (Lipinski definition) is 2. The minimum atomic E-state index is -0.635. The third-order valence-corrected chi connectivity index (χ3v) is 11.3. The van der Waals surface area contributed by atoms with E-state index in [0.717, 1.165) is 46.3 Å². The summed E-state index contributed by atoms with van der Waals surface area (Å²) in [4.78, 5) is 87.8. The summed E-state index contributed by atoms with van der Waals surface area (Å²) in [5, 5.41) is 5.63. The zero-order chi connectivity index (χ0) is 52.1. The van der Waals surface area contributed by atoms with E-state index in [2.05, 4.69) is 56.2 Å². The molecule has 8 rings (SSSR count). The van der Waals surface area contributed by atoms with Gasteiger partial charge >= 0.3 is 5.97 Å². The third kappa shape index (κ3) is 12.6. The van der Waals surface area contributed by atoms with Crippen LogP contribution in [0.2, 0.25) is 0 Å². The number of fused-ring (bicyclic) bond motifs is 3. The molecule has 2 amide bonds. The number of aryl methyl sites for hydroxylation is 6. The Hall–Kier alpha value is -8.95. The first-order chi connectivity index (χ1) is 34.6. The van der Waals surface area contributed by atoms with Crippen molar-refractivity contribution in [1.29, 1.82) is 0 Å². The standard InChI is InChI=1S/C21H23N3O2.C21H19N3O2.C15H14N2O3/c2*1-4-5-16-10-11-18-19(23-16)20(25)17(13-24(18)3)21(26)22-12-15-8-6-14(2)7-9-15;1-4-6-10-7-8-12-13(16-10)14(18)11(9-17(12)3)15(19)20-5-2/h6-11,13H,4-5,12H2,1-3H3,(H,22,26);6-11,13H,12H2,1-3H3,(H,22,26);7-9H,5H2,1-3H3. The monoisotopic (exact) mass is 964 g/mol. The van der Waals surface area contributed by atoms with E-state index in [-0.39, 0.29) is 51.1 Å². The topological polar surface area (TPSA) is 189 Å². The molecule has 6 aromatic heterocycles. The van der Waals surface area contributed by atoms with Crippen LogP contribution in [0, 0.1) is 37.5 Å². The minimum absolute atomic E-state index is 0.0176. The number of esters is 1. The predicted molar refractivity (Wildman–Crippen MR) is 281 cm³/mol. The van der Waals surface area contributed by atoms with E-state index in [9.17, 15) is 28.8 Å². The van der Waals surface area contributed by atoms with Crippen LogP contribution in [0.3, 0.4) is 0 Å². The van der Waals surface area contributed by atoms with Crippen LogP contribution in [0.5, 0.6) is 0 Å². The number of aromatic nitrogens is 6. The maximum absolute atomic E-state index is 12.8. The summed E-state index contributed by atoms with van der Waals surface area (Å²) in [6.45, 7) is 12.1. The van der Waals surface area contributed by atoms with Crippen molar-refractivity contribution in [3.8, 4) is 23.7 Å². The molecule has 2 N–H and O–H groups in total. The normalized spacial score (nSPS) is 10.4. The highest BCUT2D eigenvalue weighted by molar-refractivity contribution is 5.97. The SMILES string of the molecule is CC#Cc1ccc2c(n1)c(=O)c(C(=O)NCc1ccc(C)cc1)cn2C.CC#Cc1ccc2c(n1)c(=O)c(C(=O)OCC)cn2C.CCCc1ccc2c(n1)c(=O)c(C(=O)NCc1ccc(C)cc1)cn2C. The van der Waals surface area contributed by atoms with Gasteiger partial charge in [0.1, 0.15) is 44.6 Å². The summed E-state index contributed by atoms with van der Waals surface area (Å²) in [6.07, 6.45) is 6.35. The predicted octanol–water partition coefficient (Wildman–Crippen LogP) is 7.15. The lowest BCUT2D eigenvalue weighted by Crippen LogP contribution is -2.29. The molecule has 0 saturated carbocycles. The Balaban J connectivity index is 0.000000178. The van der Waals surface area contributed by atoms with Crippen molar-refractivity contribution in [3.63, 3.8) is 0 Å². The fraction of sp³-hybridized carbons (Fsp3) is 0.246. The van der Waals surface area contributed by atoms with E-state index in [1.165, 1.54) is 6.20 Å². The van der Waals surface area contributed by atoms with Crippen LogP contribution >= 0.6 is 0 Å². The quantitative estimate of drug-likeness (QED) is 0.105. The van der Waals surface area contributed by atoms with Crippen molar-refractivity contribution in [2.24, 2.45) is 21.1 Å². The summed E-state index contributed by atoms with van der Waals surface area (Å²) in [6, 6.07) is 26.7. The highest BCUT2D eigenvalue weighted by Crippen LogP contribution is 2.14. The number of benzene rings is 2. The lowest BCUT2D eigenvalue weighted by molar-refractivity contribution is 0.0523. The summed E-state index contributed by atoms with van der Waals surface area (Å²) in [5.41, 5.74) is 8.03. The lowest BCUT2D eigenvalue weighted by Gasteiger charge is -2.10. The zero-order valence-electron chi connectivity index (χ0n) is 41.9. The first kappa shape index (κ1) is 52.4. The number of amides is 2. The van der Waals surface area contributed by atoms with Crippen LogP contribution < -0.4 is 26.9 Å². The molecular weight excluding hydrogens is 909 g/mol. The van der Waals surface area contributed by atoms with Crippen LogP contribution in [-0.2, 0) is 45.4 Å². The number of carbonyl (C=O) groups excluding carboxylic acids is 3. The summed E-state index contributed by atoms with van der Waals surface area (Å²) < 4.78 is 10.1. The molecule has 0 aliphatic heterocycles. The number of carbonyl (C=O) groups is 3. The number of ether oxygens (including phenoxy) is 1. The number of rotatable bonds is 10. The number of nitrogens with one attached hydrogen (secondary N) is 2. The molecule has 0 aliphatic rings. The number of nitrogens with zero attached hydrogens (tertiary/aromatic N) is 6. The number of hydrogen-bond acceptors (Lipinski definition) is 10. The Morgan fingerprint density at radius 2 is 0.931 bits per heavy atom. The van der Waals surface area contributed by atoms with E-state index < -0.39 is 17.3 Å². The van der Waals surface area contributed by atoms with Gasteiger partial charge in [-0.05, 0) is 100 Å². The molecule has 0 aliphatic carbocycles. The van der Waals surface area contributed by atoms with Crippen LogP contribution in [-0.4, -0.2) is 53.0 Å². The van der Waals surface area contributed by atoms with Gasteiger partial charge in [0.15, 0.2) is 0 Å². The van der Waals surface area contributed by atoms with E-state index in [1.807, 2.05) is 81.6 Å². The van der Waals surface area contributed by atoms with Gasteiger partial charge in [-0.3, -0.25) is 24.0 Å². The molecule has 2 aromatic carbocycles. The van der Waals surface area contributed by atoms with Gasteiger partial charge in [-0.25, -0.2) is 19.7 Å². The fourth-order valence-electron chi connectivity index (χ4n) is 7.53. The summed E-state index contributed by atoms with van der Waals surface area (Å²) in [7, 11) is 5.35. The second kappa shape index (κ2) is 24.1. The molecule has 15 heteroatoms. The average molecular weight is 965 g/mol. The van der Waals surface area contributed by atoms with Crippen molar-refractivity contribution in [2.45, 2.75) is 67.5 Å². The Bertz CT molecular complexity index is 3660. The van der Waals surface area contributed by atoms with Crippen LogP contribution in [0.25, 0.3) is 33.1 Å². The molecule has 0 unspecified atom stereocenters. The van der Waals surface area contributed by atoms with Crippen LogP contribution in [0.4, 0.5) is 0 Å². The molecular formula is C57H56N8O7. The molecule has 0 fully saturated rings. The Labute approximate surface area is 417 Å². The number of pyridine rings is 6. The van der Waals surface area contributed by atoms with Crippen LogP contribution in [0.1, 0.15) is 105 Å². The Morgan fingerprint density at radius 1 is 0.542 bits per heavy atom. The van der Waals surface area contributed by atoms with Gasteiger partial charge in [-0.1, -0.05) is 84.8 Å². The summed E-state index contributed by atoms with van der Waals surface area (Å²) >= 11 is 0. The summed E-state index contributed by atoms with van der Waals surface area (Å²) in [5.74, 6) is 9.69. The fourth-order valence-corrected chi connectivity index (χ4v) is 7.53. The van der Waals surface area contributed by atoms with Gasteiger partial charge in [-0.2, -0.15) is 0 Å². The van der Waals surface area contributed by atoms with E-state index in [0.29, 0.717) is 41.0 Å². The van der Waals surface area contributed by atoms with Crippen molar-refractivity contribution in [3.05, 3.63) is 190 Å². The van der Waals surface area contributed by atoms with Gasteiger partial charge in [0, 0.05) is 58.5 Å². The first-order valence-electron chi connectivity index (χ1n) is 23.3. The van der Waals surface area contributed by atoms with Gasteiger partial charge in [0.05, 0.1) is 23.2 Å². The second-order valence-electron chi connectivity index (χ2n) is 16.8. The van der Waals surface area contributed by atoms with Gasteiger partial charge in [0.2, 0.25) is 16.3 Å². The van der Waals surface area contributed by atoms with Crippen molar-refractivity contribution in [2.75, 3.05) is 6.61 Å². The molecule has 72 heavy (non-hydrogen) atoms. The molecule has 0 bridgehead atoms. The van der Waals surface area contributed by atoms with Crippen molar-refractivity contribution >= 4 is 50.9 Å². The largest absolute Gasteiger partial charge is 0.462 e. The molecule has 8 aromatic rings. The lowest BCUT2D eigenvalue weighted by atomic mass is 10.1. The molecule has 0 saturated heterocycles. The molecule has 0 atom stereocenters. The Kier molecular flexibility index (Phi) is 17.5. The third-order valence-electron chi connectivity index (χ3n) is 11.3. The van der Waals surface area contributed by atoms with E-state index in [4.69, 9.17) is 4.74 Å². The smallest absolute Gasteiger partial charge is 0.343 e. The zero-order valence-corrected chi connectivity index (χ0v) is 41.9. The van der Waals surface area contributed by atoms with Crippen molar-refractivity contribution in [1.82, 2.24) is 39.3 Å².